The van der Waals surface area contributed by atoms with Gasteiger partial charge in [0.25, 0.3) is 0 Å². The summed E-state index contributed by atoms with van der Waals surface area (Å²) in [6.07, 6.45) is 6.46. The van der Waals surface area contributed by atoms with Crippen LogP contribution in [0.25, 0.3) is 0 Å². The number of aliphatic hydroxyl groups excluding tert-OH is 1. The Kier molecular flexibility index (Phi) is 3.67. The summed E-state index contributed by atoms with van der Waals surface area (Å²) in [6, 6.07) is 0.773. The van der Waals surface area contributed by atoms with Crippen molar-refractivity contribution in [2.75, 3.05) is 31.6 Å². The molecule has 2 saturated heterocycles. The first-order valence-electron chi connectivity index (χ1n) is 8.32. The van der Waals surface area contributed by atoms with Gasteiger partial charge in [0.2, 0.25) is 0 Å². The van der Waals surface area contributed by atoms with Crippen LogP contribution in [0.5, 0.6) is 0 Å². The lowest BCUT2D eigenvalue weighted by Crippen LogP contribution is -2.52. The molecule has 2 atom stereocenters. The SMILES string of the molecule is CN1CCCC2CN(c3nc(C4CC4)c(CO)s3)CCC21. The van der Waals surface area contributed by atoms with Gasteiger partial charge in [-0.3, -0.25) is 0 Å². The Morgan fingerprint density at radius 2 is 2.10 bits per heavy atom. The summed E-state index contributed by atoms with van der Waals surface area (Å²) in [5.41, 5.74) is 1.19. The number of hydrogen-bond donors (Lipinski definition) is 1. The van der Waals surface area contributed by atoms with Gasteiger partial charge in [-0.1, -0.05) is 11.3 Å². The minimum atomic E-state index is 0.159. The van der Waals surface area contributed by atoms with E-state index in [0.29, 0.717) is 5.92 Å². The normalized spacial score (nSPS) is 30.5. The van der Waals surface area contributed by atoms with E-state index in [0.717, 1.165) is 35.1 Å². The molecule has 3 heterocycles. The van der Waals surface area contributed by atoms with E-state index >= 15 is 0 Å². The maximum Gasteiger partial charge on any atom is 0.185 e. The first-order chi connectivity index (χ1) is 10.3. The summed E-state index contributed by atoms with van der Waals surface area (Å²) < 4.78 is 0. The number of fused-ring (bicyclic) bond motifs is 1. The van der Waals surface area contributed by atoms with Crippen molar-refractivity contribution in [3.63, 3.8) is 0 Å². The van der Waals surface area contributed by atoms with Crippen molar-refractivity contribution in [1.29, 1.82) is 0 Å². The first kappa shape index (κ1) is 14.0. The molecule has 0 aromatic carbocycles. The van der Waals surface area contributed by atoms with E-state index in [1.54, 1.807) is 11.3 Å². The van der Waals surface area contributed by atoms with Crippen molar-refractivity contribution < 1.29 is 5.11 Å². The molecule has 0 bridgehead atoms. The molecule has 1 saturated carbocycles. The molecule has 1 aromatic heterocycles. The Hall–Kier alpha value is -0.650. The fourth-order valence-corrected chi connectivity index (χ4v) is 5.14. The molecule has 0 spiro atoms. The monoisotopic (exact) mass is 307 g/mol. The second kappa shape index (κ2) is 5.52. The summed E-state index contributed by atoms with van der Waals surface area (Å²) >= 11 is 1.73. The molecule has 2 unspecified atom stereocenters. The van der Waals surface area contributed by atoms with Crippen molar-refractivity contribution in [1.82, 2.24) is 9.88 Å². The highest BCUT2D eigenvalue weighted by Crippen LogP contribution is 2.44. The van der Waals surface area contributed by atoms with Gasteiger partial charge in [-0.2, -0.15) is 0 Å². The molecule has 1 aliphatic carbocycles. The molecule has 1 aromatic rings. The van der Waals surface area contributed by atoms with Gasteiger partial charge in [-0.05, 0) is 51.6 Å². The van der Waals surface area contributed by atoms with Gasteiger partial charge in [0.05, 0.1) is 17.2 Å². The number of hydrogen-bond acceptors (Lipinski definition) is 5. The van der Waals surface area contributed by atoms with E-state index in [9.17, 15) is 5.11 Å². The van der Waals surface area contributed by atoms with E-state index in [1.807, 2.05) is 0 Å². The summed E-state index contributed by atoms with van der Waals surface area (Å²) in [5, 5.41) is 10.7. The molecular weight excluding hydrogens is 282 g/mol. The van der Waals surface area contributed by atoms with Crippen LogP contribution in [0.4, 0.5) is 5.13 Å². The number of aliphatic hydroxyl groups is 1. The average molecular weight is 307 g/mol. The third-order valence-electron chi connectivity index (χ3n) is 5.44. The topological polar surface area (TPSA) is 39.6 Å². The molecule has 2 aliphatic heterocycles. The molecular formula is C16H25N3OS. The lowest BCUT2D eigenvalue weighted by molar-refractivity contribution is 0.102. The quantitative estimate of drug-likeness (QED) is 0.931. The molecule has 0 radical (unpaired) electrons. The lowest BCUT2D eigenvalue weighted by Gasteiger charge is -2.45. The molecule has 21 heavy (non-hydrogen) atoms. The molecule has 116 valence electrons. The third kappa shape index (κ3) is 2.60. The number of anilines is 1. The van der Waals surface area contributed by atoms with Gasteiger partial charge in [0.1, 0.15) is 0 Å². The maximum atomic E-state index is 9.57. The van der Waals surface area contributed by atoms with Gasteiger partial charge < -0.3 is 14.9 Å². The number of thiazole rings is 1. The van der Waals surface area contributed by atoms with Gasteiger partial charge in [0.15, 0.2) is 5.13 Å². The van der Waals surface area contributed by atoms with Crippen LogP contribution >= 0.6 is 11.3 Å². The predicted molar refractivity (Wildman–Crippen MR) is 86.0 cm³/mol. The molecule has 5 heteroatoms. The van der Waals surface area contributed by atoms with Crippen molar-refractivity contribution in [2.45, 2.75) is 50.7 Å². The molecule has 1 N–H and O–H groups in total. The van der Waals surface area contributed by atoms with Gasteiger partial charge in [0, 0.05) is 25.0 Å². The zero-order chi connectivity index (χ0) is 14.4. The largest absolute Gasteiger partial charge is 0.391 e. The minimum Gasteiger partial charge on any atom is -0.391 e. The Morgan fingerprint density at radius 3 is 2.86 bits per heavy atom. The number of likely N-dealkylation sites (tertiary alicyclic amines) is 1. The molecule has 3 aliphatic rings. The number of piperidine rings is 2. The fourth-order valence-electron chi connectivity index (χ4n) is 4.10. The van der Waals surface area contributed by atoms with Crippen LogP contribution in [0.1, 0.15) is 48.6 Å². The summed E-state index contributed by atoms with van der Waals surface area (Å²) in [6.45, 7) is 3.69. The van der Waals surface area contributed by atoms with Crippen molar-refractivity contribution in [3.05, 3.63) is 10.6 Å². The standard InChI is InChI=1S/C16H25N3OS/c1-18-7-2-3-12-9-19(8-6-13(12)18)16-17-15(11-4-5-11)14(10-20)21-16/h11-13,20H,2-10H2,1H3. The Balaban J connectivity index is 1.52. The van der Waals surface area contributed by atoms with Crippen LogP contribution in [0.2, 0.25) is 0 Å². The van der Waals surface area contributed by atoms with Crippen molar-refractivity contribution >= 4 is 16.5 Å². The number of rotatable bonds is 3. The van der Waals surface area contributed by atoms with Crippen LogP contribution in [0.3, 0.4) is 0 Å². The Labute approximate surface area is 130 Å². The van der Waals surface area contributed by atoms with E-state index < -0.39 is 0 Å². The summed E-state index contributed by atoms with van der Waals surface area (Å²) in [4.78, 5) is 11.0. The minimum absolute atomic E-state index is 0.159. The molecule has 3 fully saturated rings. The smallest absolute Gasteiger partial charge is 0.185 e. The molecule has 4 rings (SSSR count). The third-order valence-corrected chi connectivity index (χ3v) is 6.56. The van der Waals surface area contributed by atoms with E-state index in [1.165, 1.54) is 44.3 Å². The highest BCUT2D eigenvalue weighted by molar-refractivity contribution is 7.15. The molecule has 4 nitrogen and oxygen atoms in total. The fraction of sp³-hybridized carbons (Fsp3) is 0.812. The second-order valence-corrected chi connectivity index (χ2v) is 7.98. The Bertz CT molecular complexity index is 514. The number of nitrogens with zero attached hydrogens (tertiary/aromatic N) is 3. The van der Waals surface area contributed by atoms with Crippen LogP contribution in [0, 0.1) is 5.92 Å². The molecule has 0 amide bonds. The highest BCUT2D eigenvalue weighted by atomic mass is 32.1. The average Bonchev–Trinajstić information content (AvgIpc) is 3.26. The van der Waals surface area contributed by atoms with Gasteiger partial charge >= 0.3 is 0 Å². The van der Waals surface area contributed by atoms with Gasteiger partial charge in [-0.15, -0.1) is 0 Å². The van der Waals surface area contributed by atoms with E-state index in [2.05, 4.69) is 16.8 Å². The van der Waals surface area contributed by atoms with Crippen LogP contribution in [-0.2, 0) is 6.61 Å². The summed E-state index contributed by atoms with van der Waals surface area (Å²) in [5.74, 6) is 1.43. The predicted octanol–water partition coefficient (Wildman–Crippen LogP) is 2.43. The zero-order valence-electron chi connectivity index (χ0n) is 12.8. The van der Waals surface area contributed by atoms with Crippen LogP contribution < -0.4 is 4.90 Å². The van der Waals surface area contributed by atoms with E-state index in [-0.39, 0.29) is 6.61 Å². The second-order valence-electron chi connectivity index (χ2n) is 6.92. The van der Waals surface area contributed by atoms with Crippen LogP contribution in [0.15, 0.2) is 0 Å². The maximum absolute atomic E-state index is 9.57. The first-order valence-corrected chi connectivity index (χ1v) is 9.13. The van der Waals surface area contributed by atoms with Crippen molar-refractivity contribution in [3.8, 4) is 0 Å². The zero-order valence-corrected chi connectivity index (χ0v) is 13.6. The van der Waals surface area contributed by atoms with Crippen LogP contribution in [-0.4, -0.2) is 47.7 Å². The number of aromatic nitrogens is 1. The van der Waals surface area contributed by atoms with E-state index in [4.69, 9.17) is 4.98 Å². The van der Waals surface area contributed by atoms with Gasteiger partial charge in [-0.25, -0.2) is 4.98 Å². The lowest BCUT2D eigenvalue weighted by atomic mass is 9.84. The highest BCUT2D eigenvalue weighted by Gasteiger charge is 2.36. The Morgan fingerprint density at radius 1 is 1.24 bits per heavy atom. The summed E-state index contributed by atoms with van der Waals surface area (Å²) in [7, 11) is 2.28. The van der Waals surface area contributed by atoms with Crippen molar-refractivity contribution in [2.24, 2.45) is 5.92 Å².